The minimum atomic E-state index is -4.45. The summed E-state index contributed by atoms with van der Waals surface area (Å²) in [6.07, 6.45) is 1.54. The second-order valence-electron chi connectivity index (χ2n) is 6.78. The molecular formula is C15H30N6O6S. The summed E-state index contributed by atoms with van der Waals surface area (Å²) in [5, 5.41) is 14.5. The standard InChI is InChI=1S/C15H30N6O6S/c1-9(2)6-12(21-13(23)11(16)8-28(25,26)27)14(24)20-10(7-22)4-3-5-19-15(17)18/h7,9-12H,3-6,8,16H2,1-2H3,(H,20,24)(H,21,23)(H4,17,18,19)(H,25,26,27). The molecule has 0 spiro atoms. The zero-order valence-corrected chi connectivity index (χ0v) is 16.8. The highest BCUT2D eigenvalue weighted by Gasteiger charge is 2.27. The smallest absolute Gasteiger partial charge is 0.266 e. The number of carbonyl (C=O) groups is 3. The van der Waals surface area contributed by atoms with Gasteiger partial charge in [0.2, 0.25) is 11.8 Å². The molecule has 0 aromatic carbocycles. The van der Waals surface area contributed by atoms with E-state index in [2.05, 4.69) is 16.0 Å². The molecule has 28 heavy (non-hydrogen) atoms. The van der Waals surface area contributed by atoms with Crippen LogP contribution in [0.4, 0.5) is 0 Å². The molecule has 0 radical (unpaired) electrons. The number of guanidine groups is 1. The Balaban J connectivity index is 4.88. The molecule has 9 N–H and O–H groups in total. The Morgan fingerprint density at radius 3 is 2.29 bits per heavy atom. The monoisotopic (exact) mass is 422 g/mol. The van der Waals surface area contributed by atoms with Crippen molar-refractivity contribution in [3.8, 4) is 0 Å². The summed E-state index contributed by atoms with van der Waals surface area (Å²) < 4.78 is 30.5. The first-order valence-electron chi connectivity index (χ1n) is 8.70. The van der Waals surface area contributed by atoms with Crippen molar-refractivity contribution in [3.05, 3.63) is 0 Å². The second-order valence-corrected chi connectivity index (χ2v) is 8.28. The SMILES string of the molecule is CC(C)CC(NC(=O)C(N)CS(=O)(=O)O)C(=O)NC(C=O)CCCNC(=N)N. The first-order valence-corrected chi connectivity index (χ1v) is 10.3. The lowest BCUT2D eigenvalue weighted by Gasteiger charge is -2.23. The third kappa shape index (κ3) is 12.2. The van der Waals surface area contributed by atoms with Crippen LogP contribution in [0.2, 0.25) is 0 Å². The van der Waals surface area contributed by atoms with Crippen molar-refractivity contribution in [3.63, 3.8) is 0 Å². The van der Waals surface area contributed by atoms with E-state index in [1.54, 1.807) is 0 Å². The van der Waals surface area contributed by atoms with Crippen LogP contribution in [0.3, 0.4) is 0 Å². The third-order valence-electron chi connectivity index (χ3n) is 3.57. The lowest BCUT2D eigenvalue weighted by molar-refractivity contribution is -0.130. The Bertz CT molecular complexity index is 653. The first-order chi connectivity index (χ1) is 12.9. The van der Waals surface area contributed by atoms with Crippen LogP contribution >= 0.6 is 0 Å². The number of carbonyl (C=O) groups excluding carboxylic acids is 3. The van der Waals surface area contributed by atoms with E-state index >= 15 is 0 Å². The molecule has 2 amide bonds. The molecular weight excluding hydrogens is 392 g/mol. The number of rotatable bonds is 13. The topological polar surface area (TPSA) is 218 Å². The lowest BCUT2D eigenvalue weighted by Crippen LogP contribution is -2.55. The van der Waals surface area contributed by atoms with E-state index in [1.165, 1.54) is 0 Å². The molecule has 0 fully saturated rings. The second kappa shape index (κ2) is 12.3. The minimum absolute atomic E-state index is 0.00305. The van der Waals surface area contributed by atoms with Crippen molar-refractivity contribution in [2.24, 2.45) is 17.4 Å². The Kier molecular flexibility index (Phi) is 11.3. The van der Waals surface area contributed by atoms with Crippen LogP contribution in [0.25, 0.3) is 0 Å². The van der Waals surface area contributed by atoms with Crippen LogP contribution in [0, 0.1) is 11.3 Å². The third-order valence-corrected chi connectivity index (χ3v) is 4.35. The predicted octanol–water partition coefficient (Wildman–Crippen LogP) is -2.32. The van der Waals surface area contributed by atoms with Gasteiger partial charge in [0.1, 0.15) is 18.4 Å². The Morgan fingerprint density at radius 1 is 1.21 bits per heavy atom. The molecule has 12 nitrogen and oxygen atoms in total. The highest BCUT2D eigenvalue weighted by atomic mass is 32.2. The zero-order valence-electron chi connectivity index (χ0n) is 16.0. The molecule has 0 aliphatic rings. The van der Waals surface area contributed by atoms with Crippen molar-refractivity contribution >= 4 is 34.2 Å². The van der Waals surface area contributed by atoms with E-state index in [1.807, 2.05) is 13.8 Å². The van der Waals surface area contributed by atoms with Gasteiger partial charge in [-0.05, 0) is 25.2 Å². The van der Waals surface area contributed by atoms with E-state index in [-0.39, 0.29) is 18.3 Å². The highest BCUT2D eigenvalue weighted by molar-refractivity contribution is 7.85. The average Bonchev–Trinajstić information content (AvgIpc) is 2.54. The minimum Gasteiger partial charge on any atom is -0.370 e. The van der Waals surface area contributed by atoms with E-state index in [4.69, 9.17) is 21.4 Å². The Morgan fingerprint density at radius 2 is 1.82 bits per heavy atom. The van der Waals surface area contributed by atoms with E-state index in [9.17, 15) is 22.8 Å². The maximum atomic E-state index is 12.5. The Hall–Kier alpha value is -2.25. The fraction of sp³-hybridized carbons (Fsp3) is 0.733. The van der Waals surface area contributed by atoms with Gasteiger partial charge in [0.25, 0.3) is 10.1 Å². The van der Waals surface area contributed by atoms with Crippen molar-refractivity contribution in [2.75, 3.05) is 12.3 Å². The number of nitrogens with one attached hydrogen (secondary N) is 4. The number of aldehydes is 1. The number of nitrogens with two attached hydrogens (primary N) is 2. The Labute approximate surface area is 164 Å². The summed E-state index contributed by atoms with van der Waals surface area (Å²) in [5.74, 6) is -2.70. The summed E-state index contributed by atoms with van der Waals surface area (Å²) >= 11 is 0. The van der Waals surface area contributed by atoms with Crippen LogP contribution in [0.5, 0.6) is 0 Å². The molecule has 3 unspecified atom stereocenters. The molecule has 13 heteroatoms. The maximum absolute atomic E-state index is 12.5. The largest absolute Gasteiger partial charge is 0.370 e. The summed E-state index contributed by atoms with van der Waals surface area (Å²) in [7, 11) is -4.45. The van der Waals surface area contributed by atoms with Crippen LogP contribution < -0.4 is 27.4 Å². The van der Waals surface area contributed by atoms with Gasteiger partial charge in [-0.3, -0.25) is 19.6 Å². The number of hydrogen-bond donors (Lipinski definition) is 7. The van der Waals surface area contributed by atoms with Gasteiger partial charge in [0.05, 0.1) is 11.8 Å². The number of hydrogen-bond acceptors (Lipinski definition) is 7. The van der Waals surface area contributed by atoms with Crippen LogP contribution in [-0.4, -0.2) is 67.5 Å². The summed E-state index contributed by atoms with van der Waals surface area (Å²) in [6.45, 7) is 3.98. The predicted molar refractivity (Wildman–Crippen MR) is 103 cm³/mol. The van der Waals surface area contributed by atoms with Crippen molar-refractivity contribution < 1.29 is 27.4 Å². The molecule has 0 aromatic rings. The van der Waals surface area contributed by atoms with Gasteiger partial charge in [-0.25, -0.2) is 0 Å². The average molecular weight is 423 g/mol. The van der Waals surface area contributed by atoms with Crippen molar-refractivity contribution in [2.45, 2.75) is 51.2 Å². The molecule has 0 aromatic heterocycles. The molecule has 0 saturated heterocycles. The van der Waals surface area contributed by atoms with Gasteiger partial charge in [0, 0.05) is 6.54 Å². The van der Waals surface area contributed by atoms with Gasteiger partial charge in [-0.15, -0.1) is 0 Å². The van der Waals surface area contributed by atoms with E-state index < -0.39 is 45.8 Å². The summed E-state index contributed by atoms with van der Waals surface area (Å²) in [6, 6.07) is -3.38. The van der Waals surface area contributed by atoms with Crippen LogP contribution in [-0.2, 0) is 24.5 Å². The number of amides is 2. The van der Waals surface area contributed by atoms with E-state index in [0.29, 0.717) is 25.7 Å². The van der Waals surface area contributed by atoms with Gasteiger partial charge in [-0.2, -0.15) is 8.42 Å². The zero-order chi connectivity index (χ0) is 21.9. The van der Waals surface area contributed by atoms with Gasteiger partial charge in [0.15, 0.2) is 5.96 Å². The molecule has 0 saturated carbocycles. The quantitative estimate of drug-likeness (QED) is 0.0556. The molecule has 0 bridgehead atoms. The van der Waals surface area contributed by atoms with Crippen molar-refractivity contribution in [1.29, 1.82) is 5.41 Å². The fourth-order valence-electron chi connectivity index (χ4n) is 2.29. The molecule has 0 heterocycles. The molecule has 0 rings (SSSR count). The molecule has 0 aliphatic carbocycles. The lowest BCUT2D eigenvalue weighted by atomic mass is 10.0. The van der Waals surface area contributed by atoms with Gasteiger partial charge >= 0.3 is 0 Å². The highest BCUT2D eigenvalue weighted by Crippen LogP contribution is 2.07. The molecule has 0 aliphatic heterocycles. The van der Waals surface area contributed by atoms with E-state index in [0.717, 1.165) is 0 Å². The normalized spacial score (nSPS) is 14.6. The molecule has 3 atom stereocenters. The first kappa shape index (κ1) is 25.8. The summed E-state index contributed by atoms with van der Waals surface area (Å²) in [5.41, 5.74) is 10.6. The fourth-order valence-corrected chi connectivity index (χ4v) is 2.89. The van der Waals surface area contributed by atoms with Crippen LogP contribution in [0.1, 0.15) is 33.1 Å². The van der Waals surface area contributed by atoms with Gasteiger partial charge < -0.3 is 32.2 Å². The van der Waals surface area contributed by atoms with Gasteiger partial charge in [-0.1, -0.05) is 13.8 Å². The summed E-state index contributed by atoms with van der Waals surface area (Å²) in [4.78, 5) is 35.7. The molecule has 162 valence electrons. The van der Waals surface area contributed by atoms with Crippen LogP contribution in [0.15, 0.2) is 0 Å². The maximum Gasteiger partial charge on any atom is 0.266 e. The van der Waals surface area contributed by atoms with Crippen molar-refractivity contribution in [1.82, 2.24) is 16.0 Å².